The van der Waals surface area contributed by atoms with Gasteiger partial charge in [-0.2, -0.15) is 0 Å². The minimum atomic E-state index is 0.214. The average Bonchev–Trinajstić information content (AvgIpc) is 2.61. The Balaban J connectivity index is 2.12. The molecule has 1 aromatic heterocycles. The maximum absolute atomic E-state index is 5.90. The molecule has 0 saturated carbocycles. The first-order valence-corrected chi connectivity index (χ1v) is 7.13. The fraction of sp³-hybridized carbons (Fsp3) is 0.111. The molecular weight excluding hydrogens is 290 g/mol. The zero-order chi connectivity index (χ0) is 16.2. The molecule has 2 N–H and O–H groups in total. The topological polar surface area (TPSA) is 70.3 Å². The minimum absolute atomic E-state index is 0.214. The summed E-state index contributed by atoms with van der Waals surface area (Å²) in [6, 6.07) is 17.2. The van der Waals surface area contributed by atoms with E-state index in [1.54, 1.807) is 14.2 Å². The third kappa shape index (κ3) is 3.08. The molecule has 0 unspecified atom stereocenters. The highest BCUT2D eigenvalue weighted by Gasteiger charge is 2.11. The van der Waals surface area contributed by atoms with E-state index in [9.17, 15) is 0 Å². The van der Waals surface area contributed by atoms with Crippen molar-refractivity contribution in [2.75, 3.05) is 20.0 Å². The number of ether oxygens (including phenoxy) is 2. The number of nitrogens with two attached hydrogens (primary N) is 1. The molecule has 2 aromatic carbocycles. The van der Waals surface area contributed by atoms with Crippen LogP contribution in [0.5, 0.6) is 11.5 Å². The highest BCUT2D eigenvalue weighted by atomic mass is 16.5. The number of rotatable bonds is 4. The third-order valence-electron chi connectivity index (χ3n) is 3.49. The Morgan fingerprint density at radius 1 is 0.826 bits per heavy atom. The normalized spacial score (nSPS) is 10.3. The molecule has 0 atom stereocenters. The molecule has 0 aliphatic rings. The van der Waals surface area contributed by atoms with Gasteiger partial charge in [-0.25, -0.2) is 9.97 Å². The van der Waals surface area contributed by atoms with E-state index in [-0.39, 0.29) is 5.95 Å². The van der Waals surface area contributed by atoms with E-state index in [4.69, 9.17) is 15.2 Å². The molecular formula is C18H17N3O2. The first-order valence-electron chi connectivity index (χ1n) is 7.13. The van der Waals surface area contributed by atoms with Crippen molar-refractivity contribution in [3.05, 3.63) is 54.6 Å². The Kier molecular flexibility index (Phi) is 4.10. The Bertz CT molecular complexity index is 834. The monoisotopic (exact) mass is 307 g/mol. The van der Waals surface area contributed by atoms with Crippen LogP contribution < -0.4 is 15.2 Å². The van der Waals surface area contributed by atoms with Gasteiger partial charge < -0.3 is 15.2 Å². The molecule has 0 radical (unpaired) electrons. The number of hydrogen-bond donors (Lipinski definition) is 1. The molecule has 0 aliphatic heterocycles. The van der Waals surface area contributed by atoms with Crippen LogP contribution in [-0.2, 0) is 0 Å². The maximum Gasteiger partial charge on any atom is 0.221 e. The van der Waals surface area contributed by atoms with Crippen LogP contribution in [0.4, 0.5) is 5.95 Å². The molecule has 23 heavy (non-hydrogen) atoms. The zero-order valence-electron chi connectivity index (χ0n) is 13.0. The van der Waals surface area contributed by atoms with Crippen molar-refractivity contribution in [3.63, 3.8) is 0 Å². The van der Waals surface area contributed by atoms with Crippen LogP contribution in [0.25, 0.3) is 22.5 Å². The number of methoxy groups -OCH3 is 2. The summed E-state index contributed by atoms with van der Waals surface area (Å²) in [5, 5.41) is 0. The molecule has 0 fully saturated rings. The van der Waals surface area contributed by atoms with Gasteiger partial charge in [-0.3, -0.25) is 0 Å². The Hall–Kier alpha value is -3.08. The van der Waals surface area contributed by atoms with E-state index in [2.05, 4.69) is 9.97 Å². The van der Waals surface area contributed by atoms with Crippen LogP contribution in [0.15, 0.2) is 54.6 Å². The molecule has 0 saturated heterocycles. The predicted octanol–water partition coefficient (Wildman–Crippen LogP) is 3.41. The average molecular weight is 307 g/mol. The molecule has 116 valence electrons. The van der Waals surface area contributed by atoms with Gasteiger partial charge in [-0.15, -0.1) is 0 Å². The summed E-state index contributed by atoms with van der Waals surface area (Å²) in [7, 11) is 3.26. The van der Waals surface area contributed by atoms with E-state index in [1.165, 1.54) is 0 Å². The fourth-order valence-corrected chi connectivity index (χ4v) is 2.39. The number of nitrogens with zero attached hydrogens (tertiary/aromatic N) is 2. The quantitative estimate of drug-likeness (QED) is 0.800. The van der Waals surface area contributed by atoms with Crippen LogP contribution in [0.3, 0.4) is 0 Å². The van der Waals surface area contributed by atoms with Crippen molar-refractivity contribution in [1.82, 2.24) is 9.97 Å². The fourth-order valence-electron chi connectivity index (χ4n) is 2.39. The lowest BCUT2D eigenvalue weighted by molar-refractivity contribution is 0.415. The molecule has 0 spiro atoms. The summed E-state index contributed by atoms with van der Waals surface area (Å²) < 4.78 is 10.7. The van der Waals surface area contributed by atoms with E-state index in [0.717, 1.165) is 28.3 Å². The summed E-state index contributed by atoms with van der Waals surface area (Å²) in [4.78, 5) is 8.67. The summed E-state index contributed by atoms with van der Waals surface area (Å²) in [6.07, 6.45) is 0. The van der Waals surface area contributed by atoms with Crippen molar-refractivity contribution in [2.45, 2.75) is 0 Å². The van der Waals surface area contributed by atoms with Gasteiger partial charge in [0.2, 0.25) is 5.95 Å². The molecule has 5 heteroatoms. The number of para-hydroxylation sites is 1. The van der Waals surface area contributed by atoms with E-state index < -0.39 is 0 Å². The first-order chi connectivity index (χ1) is 11.2. The van der Waals surface area contributed by atoms with Crippen LogP contribution in [0, 0.1) is 0 Å². The van der Waals surface area contributed by atoms with Gasteiger partial charge in [0, 0.05) is 11.1 Å². The van der Waals surface area contributed by atoms with Gasteiger partial charge in [0.25, 0.3) is 0 Å². The second kappa shape index (κ2) is 6.36. The summed E-state index contributed by atoms with van der Waals surface area (Å²) in [5.74, 6) is 1.71. The first kappa shape index (κ1) is 14.8. The smallest absolute Gasteiger partial charge is 0.221 e. The number of hydrogen-bond acceptors (Lipinski definition) is 5. The number of benzene rings is 2. The molecule has 3 rings (SSSR count). The highest BCUT2D eigenvalue weighted by Crippen LogP contribution is 2.31. The van der Waals surface area contributed by atoms with Gasteiger partial charge in [0.1, 0.15) is 11.5 Å². The van der Waals surface area contributed by atoms with Crippen LogP contribution >= 0.6 is 0 Å². The van der Waals surface area contributed by atoms with Gasteiger partial charge in [0.15, 0.2) is 0 Å². The van der Waals surface area contributed by atoms with Gasteiger partial charge in [-0.05, 0) is 30.3 Å². The number of nitrogen functional groups attached to an aromatic ring is 1. The SMILES string of the molecule is COc1cccc(-c2cc(-c3ccccc3OC)nc(N)n2)c1. The Morgan fingerprint density at radius 2 is 1.61 bits per heavy atom. The molecule has 0 bridgehead atoms. The number of aromatic nitrogens is 2. The van der Waals surface area contributed by atoms with Crippen molar-refractivity contribution in [3.8, 4) is 34.0 Å². The molecule has 3 aromatic rings. The van der Waals surface area contributed by atoms with E-state index in [0.29, 0.717) is 5.69 Å². The standard InChI is InChI=1S/C18H17N3O2/c1-22-13-7-5-6-12(10-13)15-11-16(21-18(19)20-15)14-8-3-4-9-17(14)23-2/h3-11H,1-2H3,(H2,19,20,21). The largest absolute Gasteiger partial charge is 0.497 e. The van der Waals surface area contributed by atoms with Crippen LogP contribution in [-0.4, -0.2) is 24.2 Å². The predicted molar refractivity (Wildman–Crippen MR) is 90.4 cm³/mol. The van der Waals surface area contributed by atoms with Crippen molar-refractivity contribution in [2.24, 2.45) is 0 Å². The second-order valence-electron chi connectivity index (χ2n) is 4.93. The van der Waals surface area contributed by atoms with Gasteiger partial charge in [-0.1, -0.05) is 24.3 Å². The molecule has 0 amide bonds. The van der Waals surface area contributed by atoms with Crippen molar-refractivity contribution >= 4 is 5.95 Å². The Morgan fingerprint density at radius 3 is 2.39 bits per heavy atom. The lowest BCUT2D eigenvalue weighted by atomic mass is 10.1. The zero-order valence-corrected chi connectivity index (χ0v) is 13.0. The highest BCUT2D eigenvalue weighted by molar-refractivity contribution is 5.73. The second-order valence-corrected chi connectivity index (χ2v) is 4.93. The third-order valence-corrected chi connectivity index (χ3v) is 3.49. The lowest BCUT2D eigenvalue weighted by Crippen LogP contribution is -1.99. The summed E-state index contributed by atoms with van der Waals surface area (Å²) >= 11 is 0. The van der Waals surface area contributed by atoms with E-state index in [1.807, 2.05) is 54.6 Å². The Labute approximate surface area is 134 Å². The van der Waals surface area contributed by atoms with Crippen molar-refractivity contribution in [1.29, 1.82) is 0 Å². The van der Waals surface area contributed by atoms with Crippen LogP contribution in [0.2, 0.25) is 0 Å². The van der Waals surface area contributed by atoms with Gasteiger partial charge in [0.05, 0.1) is 25.6 Å². The van der Waals surface area contributed by atoms with Crippen LogP contribution in [0.1, 0.15) is 0 Å². The summed E-state index contributed by atoms with van der Waals surface area (Å²) in [6.45, 7) is 0. The molecule has 5 nitrogen and oxygen atoms in total. The summed E-state index contributed by atoms with van der Waals surface area (Å²) in [5.41, 5.74) is 9.13. The van der Waals surface area contributed by atoms with E-state index >= 15 is 0 Å². The molecule has 1 heterocycles. The molecule has 0 aliphatic carbocycles. The van der Waals surface area contributed by atoms with Gasteiger partial charge >= 0.3 is 0 Å². The number of anilines is 1. The van der Waals surface area contributed by atoms with Crippen molar-refractivity contribution < 1.29 is 9.47 Å². The lowest BCUT2D eigenvalue weighted by Gasteiger charge is -2.10. The minimum Gasteiger partial charge on any atom is -0.497 e. The maximum atomic E-state index is 5.90.